The molecule has 16 aliphatic rings. The molecule has 0 radical (unpaired) electrons. The summed E-state index contributed by atoms with van der Waals surface area (Å²) in [5.74, 6) is 14.5. The van der Waals surface area contributed by atoms with E-state index >= 15 is 0 Å². The summed E-state index contributed by atoms with van der Waals surface area (Å²) in [5.41, 5.74) is 12.6. The maximum absolute atomic E-state index is 9.62. The Labute approximate surface area is 512 Å². The predicted molar refractivity (Wildman–Crippen MR) is 347 cm³/mol. The smallest absolute Gasteiger partial charge is 0.121 e. The van der Waals surface area contributed by atoms with Crippen LogP contribution in [0, 0.1) is 91.8 Å². The first-order chi connectivity index (χ1) is 40.6. The van der Waals surface area contributed by atoms with Crippen LogP contribution >= 0.6 is 11.8 Å². The van der Waals surface area contributed by atoms with Gasteiger partial charge in [-0.15, -0.1) is 11.8 Å². The number of phenols is 1. The summed E-state index contributed by atoms with van der Waals surface area (Å²) in [7, 11) is 3.48. The van der Waals surface area contributed by atoms with Crippen LogP contribution in [-0.4, -0.2) is 47.7 Å². The lowest BCUT2D eigenvalue weighted by Crippen LogP contribution is -2.58. The van der Waals surface area contributed by atoms with Crippen molar-refractivity contribution in [3.8, 4) is 17.2 Å². The Morgan fingerprint density at radius 2 is 0.774 bits per heavy atom. The van der Waals surface area contributed by atoms with E-state index in [1.54, 1.807) is 14.2 Å². The molecule has 4 aromatic rings. The summed E-state index contributed by atoms with van der Waals surface area (Å²) in [6.45, 7) is 12.6. The number of rotatable bonds is 16. The summed E-state index contributed by atoms with van der Waals surface area (Å²) < 4.78 is 10.7. The molecule has 0 heterocycles. The Morgan fingerprint density at radius 3 is 1.12 bits per heavy atom. The minimum atomic E-state index is 0.406. The molecule has 16 aliphatic carbocycles. The second-order valence-corrected chi connectivity index (χ2v) is 32.3. The highest BCUT2D eigenvalue weighted by Crippen LogP contribution is 2.59. The topological polar surface area (TPSA) is 86.8 Å². The van der Waals surface area contributed by atoms with Crippen LogP contribution in [-0.2, 0) is 32.6 Å². The van der Waals surface area contributed by atoms with Gasteiger partial charge >= 0.3 is 0 Å². The molecule has 8 heteroatoms. The van der Waals surface area contributed by atoms with Crippen LogP contribution in [0.1, 0.15) is 206 Å². The largest absolute Gasteiger partial charge is 0.508 e. The van der Waals surface area contributed by atoms with Crippen molar-refractivity contribution < 1.29 is 14.6 Å². The van der Waals surface area contributed by atoms with E-state index in [0.29, 0.717) is 27.9 Å². The van der Waals surface area contributed by atoms with E-state index in [-0.39, 0.29) is 0 Å². The fourth-order valence-electron chi connectivity index (χ4n) is 22.6. The number of hydrogen-bond acceptors (Lipinski definition) is 8. The van der Waals surface area contributed by atoms with Gasteiger partial charge in [0.1, 0.15) is 17.2 Å². The average Bonchev–Trinajstić information content (AvgIpc) is 3.65. The van der Waals surface area contributed by atoms with E-state index < -0.39 is 0 Å². The molecule has 20 rings (SSSR count). The highest BCUT2D eigenvalue weighted by molar-refractivity contribution is 7.98. The zero-order valence-electron chi connectivity index (χ0n) is 53.0. The van der Waals surface area contributed by atoms with Crippen molar-refractivity contribution in [3.05, 3.63) is 117 Å². The highest BCUT2D eigenvalue weighted by atomic mass is 32.2. The molecular weight excluding hydrogens is 1050 g/mol. The van der Waals surface area contributed by atoms with E-state index in [1.165, 1.54) is 198 Å². The SMILES string of the molecule is CCc1cc(SC)ccc1CNC12CC3CC(CC(C3)C1)C2.COc1ccc(CNC23CC4CC(CC(C4)C2)C3)c(C)c1.COc1ccc(CNC23CC4CC(CC(C4)C2)C3)cc1C.Cc1cc(CNC23CC4CC(CC(C4)C2)C3)ccc1O. The molecule has 0 aromatic heterocycles. The van der Waals surface area contributed by atoms with Gasteiger partial charge in [-0.05, 0) is 339 Å². The number of nitrogens with one attached hydrogen (secondary N) is 4. The lowest BCUT2D eigenvalue weighted by atomic mass is 9.53. The molecule has 84 heavy (non-hydrogen) atoms. The number of methoxy groups -OCH3 is 2. The highest BCUT2D eigenvalue weighted by Gasteiger charge is 2.54. The molecule has 0 saturated heterocycles. The lowest BCUT2D eigenvalue weighted by molar-refractivity contribution is -0.0207. The third-order valence-corrected chi connectivity index (χ3v) is 25.6. The molecule has 5 N–H and O–H groups in total. The predicted octanol–water partition coefficient (Wildman–Crippen LogP) is 16.9. The normalized spacial score (nSPS) is 37.0. The zero-order valence-corrected chi connectivity index (χ0v) is 53.9. The molecule has 0 unspecified atom stereocenters. The Bertz CT molecular complexity index is 2790. The van der Waals surface area contributed by atoms with Crippen molar-refractivity contribution >= 4 is 11.8 Å². The van der Waals surface area contributed by atoms with E-state index in [9.17, 15) is 5.11 Å². The number of aromatic hydroxyl groups is 1. The Hall–Kier alpha value is -3.53. The molecule has 0 aliphatic heterocycles. The van der Waals surface area contributed by atoms with Crippen molar-refractivity contribution in [1.82, 2.24) is 21.3 Å². The van der Waals surface area contributed by atoms with Gasteiger partial charge in [-0.2, -0.15) is 0 Å². The van der Waals surface area contributed by atoms with Crippen LogP contribution < -0.4 is 30.7 Å². The Balaban J connectivity index is 0.000000105. The molecule has 0 amide bonds. The van der Waals surface area contributed by atoms with Crippen molar-refractivity contribution in [1.29, 1.82) is 0 Å². The van der Waals surface area contributed by atoms with Crippen LogP contribution in [0.3, 0.4) is 0 Å². The third kappa shape index (κ3) is 13.3. The van der Waals surface area contributed by atoms with Crippen LogP contribution in [0.5, 0.6) is 17.2 Å². The number of phenolic OH excluding ortho intramolecular Hbond substituents is 1. The maximum atomic E-state index is 9.62. The van der Waals surface area contributed by atoms with Gasteiger partial charge in [-0.3, -0.25) is 0 Å². The van der Waals surface area contributed by atoms with Gasteiger partial charge in [0.2, 0.25) is 0 Å². The second kappa shape index (κ2) is 24.8. The molecule has 16 fully saturated rings. The summed E-state index contributed by atoms with van der Waals surface area (Å²) in [5, 5.41) is 25.5. The monoisotopic (exact) mass is 1160 g/mol. The molecule has 456 valence electrons. The number of ether oxygens (including phenoxy) is 2. The van der Waals surface area contributed by atoms with Gasteiger partial charge in [-0.1, -0.05) is 43.3 Å². The molecule has 0 spiro atoms. The van der Waals surface area contributed by atoms with E-state index in [2.05, 4.69) is 115 Å². The summed E-state index contributed by atoms with van der Waals surface area (Å²) in [4.78, 5) is 1.40. The Kier molecular flexibility index (Phi) is 17.5. The molecule has 16 saturated carbocycles. The molecule has 7 nitrogen and oxygen atoms in total. The van der Waals surface area contributed by atoms with Gasteiger partial charge in [0.25, 0.3) is 0 Å². The standard InChI is InChI=1S/C20H29NS.2C19H27NO.C18H25NO/c1-3-17-9-19(22-2)5-4-18(17)13-21-20-10-14-6-15(11-20)8-16(7-14)12-20;1-13-5-18(21-2)4-3-17(13)12-20-19-9-14-6-15(10-19)8-16(7-14)11-19;1-13-5-14(3-4-18(13)21-2)12-20-19-9-15-6-16(10-19)8-17(7-15)11-19;1-12-4-13(2-3-17(12)20)11-19-18-8-14-5-15(9-18)7-16(6-14)10-18/h4-5,9,14-16,21H,3,6-8,10-13H2,1-2H3;3-5,14-16,20H,6-12H2,1-2H3;3-5,15-17,20H,6-12H2,1-2H3;2-4,14-16,19-20H,5-11H2,1H3. The van der Waals surface area contributed by atoms with Crippen LogP contribution in [0.25, 0.3) is 0 Å². The minimum absolute atomic E-state index is 0.406. The molecule has 4 aromatic carbocycles. The lowest BCUT2D eigenvalue weighted by Gasteiger charge is -2.57. The van der Waals surface area contributed by atoms with Gasteiger partial charge in [0, 0.05) is 53.2 Å². The fraction of sp³-hybridized carbons (Fsp3) is 0.684. The number of aryl methyl sites for hydroxylation is 4. The number of thioether (sulfide) groups is 1. The molecule has 16 bridgehead atoms. The third-order valence-electron chi connectivity index (χ3n) is 24.9. The van der Waals surface area contributed by atoms with Crippen molar-refractivity contribution in [2.24, 2.45) is 71.0 Å². The van der Waals surface area contributed by atoms with Crippen LogP contribution in [0.2, 0.25) is 0 Å². The average molecular weight is 1160 g/mol. The van der Waals surface area contributed by atoms with E-state index in [4.69, 9.17) is 9.47 Å². The first-order valence-electron chi connectivity index (χ1n) is 34.3. The number of hydrogen-bond donors (Lipinski definition) is 5. The summed E-state index contributed by atoms with van der Waals surface area (Å²) in [6.07, 6.45) is 38.6. The minimum Gasteiger partial charge on any atom is -0.508 e. The number of benzene rings is 4. The van der Waals surface area contributed by atoms with Crippen molar-refractivity contribution in [2.75, 3.05) is 20.5 Å². The van der Waals surface area contributed by atoms with Gasteiger partial charge < -0.3 is 35.8 Å². The molecular formula is C76H108N4O3S. The van der Waals surface area contributed by atoms with Crippen LogP contribution in [0.15, 0.2) is 77.7 Å². The summed E-state index contributed by atoms with van der Waals surface area (Å²) >= 11 is 1.85. The van der Waals surface area contributed by atoms with Gasteiger partial charge in [-0.25, -0.2) is 0 Å². The van der Waals surface area contributed by atoms with E-state index in [0.717, 1.165) is 121 Å². The van der Waals surface area contributed by atoms with Crippen molar-refractivity contribution in [3.63, 3.8) is 0 Å². The summed E-state index contributed by atoms with van der Waals surface area (Å²) in [6, 6.07) is 26.1. The first kappa shape index (κ1) is 59.4. The van der Waals surface area contributed by atoms with Gasteiger partial charge in [0.15, 0.2) is 0 Å². The first-order valence-corrected chi connectivity index (χ1v) is 35.6. The molecule has 0 atom stereocenters. The Morgan fingerprint density at radius 1 is 0.405 bits per heavy atom. The van der Waals surface area contributed by atoms with Gasteiger partial charge in [0.05, 0.1) is 14.2 Å². The van der Waals surface area contributed by atoms with E-state index in [1.807, 2.05) is 24.8 Å². The fourth-order valence-corrected chi connectivity index (χ4v) is 23.0. The maximum Gasteiger partial charge on any atom is 0.121 e. The quantitative estimate of drug-likeness (QED) is 0.0710. The zero-order chi connectivity index (χ0) is 57.8. The second-order valence-electron chi connectivity index (χ2n) is 31.4. The van der Waals surface area contributed by atoms with Crippen molar-refractivity contribution in [2.45, 2.75) is 241 Å². The van der Waals surface area contributed by atoms with Crippen LogP contribution in [0.4, 0.5) is 0 Å².